The third-order valence-electron chi connectivity index (χ3n) is 4.85. The summed E-state index contributed by atoms with van der Waals surface area (Å²) in [7, 11) is 0. The summed E-state index contributed by atoms with van der Waals surface area (Å²) in [6, 6.07) is 8.35. The van der Waals surface area contributed by atoms with E-state index < -0.39 is 0 Å². The molecule has 2 aromatic rings. The van der Waals surface area contributed by atoms with Crippen LogP contribution in [0.3, 0.4) is 0 Å². The minimum atomic E-state index is -0.255. The second kappa shape index (κ2) is 7.47. The van der Waals surface area contributed by atoms with Gasteiger partial charge in [0.15, 0.2) is 0 Å². The fourth-order valence-electron chi connectivity index (χ4n) is 3.11. The quantitative estimate of drug-likeness (QED) is 0.736. The summed E-state index contributed by atoms with van der Waals surface area (Å²) in [5.41, 5.74) is 1.44. The second-order valence-electron chi connectivity index (χ2n) is 6.94. The first-order valence-corrected chi connectivity index (χ1v) is 9.04. The molecule has 3 N–H and O–H groups in total. The smallest absolute Gasteiger partial charge is 0.269 e. The highest BCUT2D eigenvalue weighted by atomic mass is 16.5. The summed E-state index contributed by atoms with van der Waals surface area (Å²) in [6.07, 6.45) is 3.24. The van der Waals surface area contributed by atoms with Gasteiger partial charge in [0.25, 0.3) is 5.91 Å². The van der Waals surface area contributed by atoms with E-state index in [9.17, 15) is 9.90 Å². The number of para-hydroxylation sites is 1. The number of aromatic nitrogens is 2. The van der Waals surface area contributed by atoms with E-state index in [1.165, 1.54) is 12.8 Å². The number of rotatable bonds is 6. The van der Waals surface area contributed by atoms with Crippen LogP contribution in [0.15, 0.2) is 30.3 Å². The Morgan fingerprint density at radius 1 is 1.35 bits per heavy atom. The fourth-order valence-corrected chi connectivity index (χ4v) is 3.11. The SMILES string of the molecule is O=C(N[C@@H]1COCC[C@@H]1OCC1CC1)c1cc(-c2ccccc2O)n[nH]1. The molecule has 0 radical (unpaired) electrons. The zero-order chi connectivity index (χ0) is 17.9. The number of hydrogen-bond acceptors (Lipinski definition) is 5. The summed E-state index contributed by atoms with van der Waals surface area (Å²) in [5.74, 6) is 0.554. The van der Waals surface area contributed by atoms with Crippen molar-refractivity contribution in [2.45, 2.75) is 31.4 Å². The van der Waals surface area contributed by atoms with Crippen LogP contribution < -0.4 is 5.32 Å². The molecule has 1 saturated heterocycles. The number of nitrogens with zero attached hydrogens (tertiary/aromatic N) is 1. The number of phenols is 1. The zero-order valence-electron chi connectivity index (χ0n) is 14.5. The first kappa shape index (κ1) is 17.1. The lowest BCUT2D eigenvalue weighted by molar-refractivity contribution is -0.0567. The molecule has 138 valence electrons. The van der Waals surface area contributed by atoms with Crippen molar-refractivity contribution in [3.05, 3.63) is 36.0 Å². The molecule has 1 aliphatic heterocycles. The van der Waals surface area contributed by atoms with Crippen LogP contribution >= 0.6 is 0 Å². The summed E-state index contributed by atoms with van der Waals surface area (Å²) < 4.78 is 11.5. The molecule has 0 spiro atoms. The van der Waals surface area contributed by atoms with E-state index in [0.29, 0.717) is 36.1 Å². The first-order valence-electron chi connectivity index (χ1n) is 9.04. The number of benzene rings is 1. The number of carbonyl (C=O) groups excluding carboxylic acids is 1. The van der Waals surface area contributed by atoms with Gasteiger partial charge >= 0.3 is 0 Å². The molecule has 7 nitrogen and oxygen atoms in total. The van der Waals surface area contributed by atoms with Crippen LogP contribution in [0.25, 0.3) is 11.3 Å². The number of aromatic hydroxyl groups is 1. The maximum Gasteiger partial charge on any atom is 0.269 e. The van der Waals surface area contributed by atoms with Crippen molar-refractivity contribution < 1.29 is 19.4 Å². The highest BCUT2D eigenvalue weighted by Crippen LogP contribution is 2.30. The Hall–Kier alpha value is -2.38. The lowest BCUT2D eigenvalue weighted by atomic mass is 10.1. The van der Waals surface area contributed by atoms with Crippen LogP contribution in [0.4, 0.5) is 0 Å². The topological polar surface area (TPSA) is 96.5 Å². The van der Waals surface area contributed by atoms with Crippen LogP contribution in [0.2, 0.25) is 0 Å². The Kier molecular flexibility index (Phi) is 4.90. The third kappa shape index (κ3) is 3.89. The molecule has 4 rings (SSSR count). The lowest BCUT2D eigenvalue weighted by Crippen LogP contribution is -2.50. The van der Waals surface area contributed by atoms with Gasteiger partial charge in [-0.25, -0.2) is 0 Å². The summed E-state index contributed by atoms with van der Waals surface area (Å²) in [6.45, 7) is 1.86. The van der Waals surface area contributed by atoms with E-state index >= 15 is 0 Å². The first-order chi connectivity index (χ1) is 12.7. The highest BCUT2D eigenvalue weighted by molar-refractivity contribution is 5.93. The number of phenolic OH excluding ortho intramolecular Hbond substituents is 1. The number of hydrogen-bond donors (Lipinski definition) is 3. The van der Waals surface area contributed by atoms with Gasteiger partial charge in [-0.3, -0.25) is 9.89 Å². The molecule has 2 atom stereocenters. The van der Waals surface area contributed by atoms with Crippen LogP contribution in [-0.4, -0.2) is 53.2 Å². The van der Waals surface area contributed by atoms with Crippen LogP contribution in [-0.2, 0) is 9.47 Å². The van der Waals surface area contributed by atoms with Crippen molar-refractivity contribution in [1.82, 2.24) is 15.5 Å². The maximum absolute atomic E-state index is 12.6. The Labute approximate surface area is 151 Å². The van der Waals surface area contributed by atoms with E-state index in [0.717, 1.165) is 13.0 Å². The molecule has 1 aromatic heterocycles. The van der Waals surface area contributed by atoms with Crippen LogP contribution in [0, 0.1) is 5.92 Å². The van der Waals surface area contributed by atoms with Gasteiger partial charge in [-0.2, -0.15) is 5.10 Å². The summed E-state index contributed by atoms with van der Waals surface area (Å²) in [5, 5.41) is 19.8. The van der Waals surface area contributed by atoms with Crippen molar-refractivity contribution >= 4 is 5.91 Å². The van der Waals surface area contributed by atoms with Gasteiger partial charge in [-0.05, 0) is 43.4 Å². The largest absolute Gasteiger partial charge is 0.507 e. The number of aromatic amines is 1. The molecular weight excluding hydrogens is 334 g/mol. The molecule has 2 heterocycles. The molecule has 1 aromatic carbocycles. The number of carbonyl (C=O) groups is 1. The van der Waals surface area contributed by atoms with Crippen molar-refractivity contribution in [3.63, 3.8) is 0 Å². The number of ether oxygens (including phenoxy) is 2. The van der Waals surface area contributed by atoms with E-state index in [-0.39, 0.29) is 23.8 Å². The van der Waals surface area contributed by atoms with Gasteiger partial charge in [-0.15, -0.1) is 0 Å². The van der Waals surface area contributed by atoms with Gasteiger partial charge < -0.3 is 19.9 Å². The normalized spacial score (nSPS) is 22.9. The van der Waals surface area contributed by atoms with E-state index in [2.05, 4.69) is 15.5 Å². The van der Waals surface area contributed by atoms with E-state index in [1.807, 2.05) is 6.07 Å². The molecule has 0 bridgehead atoms. The van der Waals surface area contributed by atoms with Gasteiger partial charge in [0, 0.05) is 18.8 Å². The molecule has 0 unspecified atom stereocenters. The van der Waals surface area contributed by atoms with Gasteiger partial charge in [0.2, 0.25) is 0 Å². The minimum Gasteiger partial charge on any atom is -0.507 e. The fraction of sp³-hybridized carbons (Fsp3) is 0.474. The molecule has 7 heteroatoms. The van der Waals surface area contributed by atoms with Crippen molar-refractivity contribution in [1.29, 1.82) is 0 Å². The lowest BCUT2D eigenvalue weighted by Gasteiger charge is -2.32. The predicted octanol–water partition coefficient (Wildman–Crippen LogP) is 2.10. The molecule has 1 saturated carbocycles. The molecule has 1 amide bonds. The molecular formula is C19H23N3O4. The number of H-pyrrole nitrogens is 1. The standard InChI is InChI=1S/C19H23N3O4/c23-17-4-2-1-3-13(17)14-9-15(22-21-14)19(24)20-16-11-25-8-7-18(16)26-10-12-5-6-12/h1-4,9,12,16,18,23H,5-8,10-11H2,(H,20,24)(H,21,22)/t16-,18+/m1/s1. The molecule has 2 fully saturated rings. The van der Waals surface area contributed by atoms with Crippen molar-refractivity contribution in [2.24, 2.45) is 5.92 Å². The second-order valence-corrected chi connectivity index (χ2v) is 6.94. The van der Waals surface area contributed by atoms with Gasteiger partial charge in [0.05, 0.1) is 24.4 Å². The molecule has 26 heavy (non-hydrogen) atoms. The molecule has 1 aliphatic carbocycles. The highest BCUT2D eigenvalue weighted by Gasteiger charge is 2.31. The zero-order valence-corrected chi connectivity index (χ0v) is 14.5. The van der Waals surface area contributed by atoms with E-state index in [1.54, 1.807) is 24.3 Å². The average molecular weight is 357 g/mol. The van der Waals surface area contributed by atoms with Gasteiger partial charge in [-0.1, -0.05) is 12.1 Å². The molecule has 2 aliphatic rings. The van der Waals surface area contributed by atoms with Crippen molar-refractivity contribution in [3.8, 4) is 17.0 Å². The van der Waals surface area contributed by atoms with Crippen LogP contribution in [0.1, 0.15) is 29.8 Å². The summed E-state index contributed by atoms with van der Waals surface area (Å²) >= 11 is 0. The average Bonchev–Trinajstić information content (AvgIpc) is 3.35. The Bertz CT molecular complexity index is 772. The Morgan fingerprint density at radius 2 is 2.19 bits per heavy atom. The number of amides is 1. The minimum absolute atomic E-state index is 0.0196. The third-order valence-corrected chi connectivity index (χ3v) is 4.85. The monoisotopic (exact) mass is 357 g/mol. The maximum atomic E-state index is 12.6. The van der Waals surface area contributed by atoms with Crippen molar-refractivity contribution in [2.75, 3.05) is 19.8 Å². The van der Waals surface area contributed by atoms with Crippen LogP contribution in [0.5, 0.6) is 5.75 Å². The Balaban J connectivity index is 1.41. The Morgan fingerprint density at radius 3 is 3.00 bits per heavy atom. The predicted molar refractivity (Wildman–Crippen MR) is 94.8 cm³/mol. The van der Waals surface area contributed by atoms with E-state index in [4.69, 9.17) is 9.47 Å². The summed E-state index contributed by atoms with van der Waals surface area (Å²) in [4.78, 5) is 12.6. The number of nitrogens with one attached hydrogen (secondary N) is 2. The van der Waals surface area contributed by atoms with Gasteiger partial charge in [0.1, 0.15) is 11.4 Å².